The van der Waals surface area contributed by atoms with Crippen LogP contribution in [0.15, 0.2) is 47.5 Å². The Balaban J connectivity index is 1.40. The molecule has 1 aromatic heterocycles. The van der Waals surface area contributed by atoms with Crippen molar-refractivity contribution in [3.8, 4) is 0 Å². The minimum absolute atomic E-state index is 0.332. The van der Waals surface area contributed by atoms with Crippen LogP contribution in [0.3, 0.4) is 0 Å². The van der Waals surface area contributed by atoms with Crippen LogP contribution < -0.4 is 19.7 Å². The van der Waals surface area contributed by atoms with E-state index in [-0.39, 0.29) is 0 Å². The Morgan fingerprint density at radius 3 is 2.28 bits per heavy atom. The van der Waals surface area contributed by atoms with E-state index in [1.54, 1.807) is 16.6 Å². The minimum atomic E-state index is -3.43. The number of nitrogens with one attached hydrogen (secondary N) is 2. The molecule has 2 N–H and O–H groups in total. The number of H-pyrrole nitrogens is 1. The second-order valence-corrected chi connectivity index (χ2v) is 10.1. The van der Waals surface area contributed by atoms with E-state index in [0.29, 0.717) is 18.0 Å². The van der Waals surface area contributed by atoms with E-state index < -0.39 is 10.0 Å². The number of nitrogens with zero attached hydrogens (tertiary/aromatic N) is 3. The summed E-state index contributed by atoms with van der Waals surface area (Å²) in [6.07, 6.45) is 1.62. The molecule has 2 aliphatic heterocycles. The van der Waals surface area contributed by atoms with Gasteiger partial charge in [-0.1, -0.05) is 17.7 Å². The van der Waals surface area contributed by atoms with Crippen molar-refractivity contribution in [3.63, 3.8) is 0 Å². The van der Waals surface area contributed by atoms with Crippen molar-refractivity contribution < 1.29 is 18.3 Å². The van der Waals surface area contributed by atoms with Gasteiger partial charge in [-0.3, -0.25) is 4.90 Å². The van der Waals surface area contributed by atoms with Crippen molar-refractivity contribution in [3.05, 3.63) is 47.6 Å². The van der Waals surface area contributed by atoms with Crippen LogP contribution in [0.5, 0.6) is 0 Å². The lowest BCUT2D eigenvalue weighted by Crippen LogP contribution is -3.12. The summed E-state index contributed by atoms with van der Waals surface area (Å²) in [5.41, 5.74) is 1.14. The highest BCUT2D eigenvalue weighted by molar-refractivity contribution is 7.89. The maximum Gasteiger partial charge on any atom is 0.274 e. The van der Waals surface area contributed by atoms with Gasteiger partial charge in [-0.15, -0.1) is 0 Å². The molecule has 156 valence electrons. The van der Waals surface area contributed by atoms with Gasteiger partial charge in [-0.05, 0) is 24.3 Å². The second kappa shape index (κ2) is 8.47. The smallest absolute Gasteiger partial charge is 0.274 e. The molecule has 0 unspecified atom stereocenters. The third-order valence-electron chi connectivity index (χ3n) is 5.78. The molecule has 2 aromatic rings. The Morgan fingerprint density at radius 2 is 1.66 bits per heavy atom. The second-order valence-electron chi connectivity index (χ2n) is 7.72. The molecule has 7 nitrogen and oxygen atoms in total. The summed E-state index contributed by atoms with van der Waals surface area (Å²) < 4.78 is 27.3. The highest BCUT2D eigenvalue weighted by Gasteiger charge is 2.31. The molecule has 29 heavy (non-hydrogen) atoms. The summed E-state index contributed by atoms with van der Waals surface area (Å²) in [6, 6.07) is 11.5. The molecule has 0 atom stereocenters. The number of aromatic amines is 1. The predicted molar refractivity (Wildman–Crippen MR) is 114 cm³/mol. The number of piperazine rings is 2. The van der Waals surface area contributed by atoms with Crippen molar-refractivity contribution in [2.24, 2.45) is 0 Å². The maximum absolute atomic E-state index is 12.9. The zero-order valence-electron chi connectivity index (χ0n) is 16.6. The largest absolute Gasteiger partial charge is 0.364 e. The van der Waals surface area contributed by atoms with E-state index in [0.717, 1.165) is 55.8 Å². The number of quaternary nitrogens is 1. The summed E-state index contributed by atoms with van der Waals surface area (Å²) >= 11 is 6.11. The van der Waals surface area contributed by atoms with Crippen LogP contribution >= 0.6 is 11.6 Å². The standard InChI is InChI=1S/C20H26ClN5O2S/c1-23-7-13-26(14-8-23)29(27,28)19-5-6-20(22-16-19)25-11-9-24(10-12-25)18-4-2-3-17(21)15-18/h2-6,15-16H,7-14H2,1H3/p+2. The number of hydrogen-bond acceptors (Lipinski definition) is 4. The quantitative estimate of drug-likeness (QED) is 0.731. The molecule has 4 rings (SSSR count). The van der Waals surface area contributed by atoms with Crippen LogP contribution in [0.1, 0.15) is 0 Å². The van der Waals surface area contributed by atoms with Gasteiger partial charge in [0.25, 0.3) is 5.82 Å². The average Bonchev–Trinajstić information content (AvgIpc) is 2.74. The first kappa shape index (κ1) is 20.4. The normalized spacial score (nSPS) is 19.5. The molecule has 0 saturated carbocycles. The van der Waals surface area contributed by atoms with Crippen molar-refractivity contribution in [2.75, 3.05) is 69.2 Å². The fourth-order valence-electron chi connectivity index (χ4n) is 3.90. The topological polar surface area (TPSA) is 62.4 Å². The molecule has 0 aliphatic carbocycles. The van der Waals surface area contributed by atoms with Gasteiger partial charge in [0.1, 0.15) is 24.2 Å². The number of rotatable bonds is 4. The third kappa shape index (κ3) is 4.50. The molecule has 2 aliphatic rings. The van der Waals surface area contributed by atoms with Crippen LogP contribution in [0.4, 0.5) is 11.5 Å². The van der Waals surface area contributed by atoms with Crippen molar-refractivity contribution in [2.45, 2.75) is 4.90 Å². The van der Waals surface area contributed by atoms with E-state index in [1.807, 2.05) is 24.3 Å². The Bertz CT molecular complexity index is 938. The van der Waals surface area contributed by atoms with Gasteiger partial charge in [-0.25, -0.2) is 13.4 Å². The van der Waals surface area contributed by atoms with Crippen LogP contribution in [0.2, 0.25) is 5.02 Å². The molecule has 1 aromatic carbocycles. The van der Waals surface area contributed by atoms with Gasteiger partial charge in [-0.2, -0.15) is 4.31 Å². The van der Waals surface area contributed by atoms with Crippen LogP contribution in [-0.2, 0) is 10.0 Å². The third-order valence-corrected chi connectivity index (χ3v) is 7.90. The zero-order chi connectivity index (χ0) is 20.4. The van der Waals surface area contributed by atoms with E-state index in [2.05, 4.69) is 27.9 Å². The van der Waals surface area contributed by atoms with Gasteiger partial charge in [0.15, 0.2) is 0 Å². The summed E-state index contributed by atoms with van der Waals surface area (Å²) in [6.45, 7) is 6.32. The molecule has 0 amide bonds. The summed E-state index contributed by atoms with van der Waals surface area (Å²) in [7, 11) is -1.34. The monoisotopic (exact) mass is 437 g/mol. The van der Waals surface area contributed by atoms with Crippen molar-refractivity contribution in [1.29, 1.82) is 0 Å². The first-order valence-electron chi connectivity index (χ1n) is 10.0. The van der Waals surface area contributed by atoms with E-state index in [4.69, 9.17) is 11.6 Å². The molecular formula is C20H28ClN5O2S+2. The molecule has 2 fully saturated rings. The van der Waals surface area contributed by atoms with E-state index in [9.17, 15) is 8.42 Å². The number of hydrogen-bond donors (Lipinski definition) is 1. The number of pyridine rings is 1. The highest BCUT2D eigenvalue weighted by atomic mass is 35.5. The number of anilines is 2. The van der Waals surface area contributed by atoms with Crippen LogP contribution in [0, 0.1) is 0 Å². The summed E-state index contributed by atoms with van der Waals surface area (Å²) in [5.74, 6) is 0.942. The zero-order valence-corrected chi connectivity index (χ0v) is 18.2. The maximum atomic E-state index is 12.9. The average molecular weight is 438 g/mol. The van der Waals surface area contributed by atoms with Gasteiger partial charge in [0, 0.05) is 16.8 Å². The predicted octanol–water partition coefficient (Wildman–Crippen LogP) is -0.000300. The Labute approximate surface area is 177 Å². The Morgan fingerprint density at radius 1 is 0.966 bits per heavy atom. The SMILES string of the molecule is C[NH+]1CCN(S(=O)(=O)c2ccc(N3CCN(c4cccc(Cl)c4)CC3)[nH+]c2)CC1. The summed E-state index contributed by atoms with van der Waals surface area (Å²) in [4.78, 5) is 9.46. The minimum Gasteiger partial charge on any atom is -0.364 e. The van der Waals surface area contributed by atoms with Crippen LogP contribution in [0.25, 0.3) is 0 Å². The molecule has 0 radical (unpaired) electrons. The molecule has 0 spiro atoms. The molecule has 2 saturated heterocycles. The first-order chi connectivity index (χ1) is 13.9. The van der Waals surface area contributed by atoms with Gasteiger partial charge in [0.2, 0.25) is 10.0 Å². The number of aromatic nitrogens is 1. The van der Waals surface area contributed by atoms with E-state index in [1.165, 1.54) is 4.90 Å². The molecule has 3 heterocycles. The molecule has 9 heteroatoms. The fraction of sp³-hybridized carbons (Fsp3) is 0.450. The highest BCUT2D eigenvalue weighted by Crippen LogP contribution is 2.22. The lowest BCUT2D eigenvalue weighted by molar-refractivity contribution is -0.883. The number of sulfonamides is 1. The number of benzene rings is 1. The van der Waals surface area contributed by atoms with Gasteiger partial charge < -0.3 is 9.80 Å². The van der Waals surface area contributed by atoms with E-state index >= 15 is 0 Å². The molecular weight excluding hydrogens is 410 g/mol. The van der Waals surface area contributed by atoms with Crippen molar-refractivity contribution >= 4 is 33.1 Å². The number of halogens is 1. The summed E-state index contributed by atoms with van der Waals surface area (Å²) in [5, 5.41) is 0.747. The lowest BCUT2D eigenvalue weighted by atomic mass is 10.2. The Kier molecular flexibility index (Phi) is 5.96. The van der Waals surface area contributed by atoms with Crippen molar-refractivity contribution in [1.82, 2.24) is 4.31 Å². The molecule has 0 bridgehead atoms. The van der Waals surface area contributed by atoms with Gasteiger partial charge in [0.05, 0.1) is 46.3 Å². The number of likely N-dealkylation sites (N-methyl/N-ethyl adjacent to an activating group) is 1. The Hall–Kier alpha value is -1.87. The first-order valence-corrected chi connectivity index (χ1v) is 11.8. The van der Waals surface area contributed by atoms with Gasteiger partial charge >= 0.3 is 0 Å². The lowest BCUT2D eigenvalue weighted by Gasteiger charge is -2.32. The fourth-order valence-corrected chi connectivity index (χ4v) is 5.49. The van der Waals surface area contributed by atoms with Crippen LogP contribution in [-0.4, -0.2) is 72.1 Å².